The second-order valence-corrected chi connectivity index (χ2v) is 17.9. The first-order valence-corrected chi connectivity index (χ1v) is 22.9. The van der Waals surface area contributed by atoms with Crippen LogP contribution in [0.4, 0.5) is 0 Å². The zero-order valence-electron chi connectivity index (χ0n) is 36.8. The maximum Gasteiger partial charge on any atom is 0.345 e. The van der Waals surface area contributed by atoms with Gasteiger partial charge in [0.05, 0.1) is 6.10 Å². The summed E-state index contributed by atoms with van der Waals surface area (Å²) in [5.41, 5.74) is 3.83. The number of nitrogens with one attached hydrogen (secondary N) is 1. The van der Waals surface area contributed by atoms with Crippen molar-refractivity contribution in [3.05, 3.63) is 171 Å². The van der Waals surface area contributed by atoms with Crippen molar-refractivity contribution in [3.63, 3.8) is 0 Å². The number of hydrogen-bond acceptors (Lipinski definition) is 9. The molecule has 338 valence electrons. The topological polar surface area (TPSA) is 160 Å². The van der Waals surface area contributed by atoms with E-state index >= 15 is 0 Å². The van der Waals surface area contributed by atoms with E-state index in [1.54, 1.807) is 48.5 Å². The number of fused-ring (bicyclic) bond motifs is 1. The SMILES string of the molecule is O=C1C=Cc2c([C@@H](O)CNCCC3CCN(C(=O)c4ccc(COc5cccc([C@@](O)(C(=O)O)c6ccccc6CC6CCN(Cc7ccccc7)CC6)c5)cc4)CC3)ccc(O)c2C1. The summed E-state index contributed by atoms with van der Waals surface area (Å²) in [5, 5.41) is 47.2. The van der Waals surface area contributed by atoms with E-state index in [0.29, 0.717) is 71.5 Å². The lowest BCUT2D eigenvalue weighted by molar-refractivity contribution is -0.155. The summed E-state index contributed by atoms with van der Waals surface area (Å²) in [4.78, 5) is 42.7. The Morgan fingerprint density at radius 1 is 0.800 bits per heavy atom. The van der Waals surface area contributed by atoms with Gasteiger partial charge in [-0.2, -0.15) is 0 Å². The van der Waals surface area contributed by atoms with Crippen LogP contribution in [-0.4, -0.2) is 87.2 Å². The molecule has 2 aliphatic heterocycles. The van der Waals surface area contributed by atoms with Crippen LogP contribution in [0.15, 0.2) is 121 Å². The number of benzene rings is 5. The van der Waals surface area contributed by atoms with E-state index in [4.69, 9.17) is 4.74 Å². The van der Waals surface area contributed by atoms with Crippen molar-refractivity contribution in [1.82, 2.24) is 15.1 Å². The molecular weight excluding hydrogens is 819 g/mol. The van der Waals surface area contributed by atoms with Gasteiger partial charge in [0, 0.05) is 54.9 Å². The third kappa shape index (κ3) is 10.9. The molecule has 5 aromatic carbocycles. The summed E-state index contributed by atoms with van der Waals surface area (Å²) in [6.45, 7) is 5.45. The number of aliphatic hydroxyl groups is 2. The molecule has 3 aliphatic rings. The Labute approximate surface area is 381 Å². The molecule has 2 heterocycles. The van der Waals surface area contributed by atoms with Crippen molar-refractivity contribution >= 4 is 23.7 Å². The molecule has 5 aromatic rings. The number of carbonyl (C=O) groups excluding carboxylic acids is 2. The smallest absolute Gasteiger partial charge is 0.345 e. The van der Waals surface area contributed by atoms with Gasteiger partial charge in [-0.05, 0) is 134 Å². The molecule has 11 heteroatoms. The van der Waals surface area contributed by atoms with E-state index in [2.05, 4.69) is 34.5 Å². The van der Waals surface area contributed by atoms with Crippen LogP contribution in [0.1, 0.15) is 93.1 Å². The third-order valence-corrected chi connectivity index (χ3v) is 13.5. The van der Waals surface area contributed by atoms with Crippen LogP contribution in [0, 0.1) is 11.8 Å². The summed E-state index contributed by atoms with van der Waals surface area (Å²) in [7, 11) is 0. The first-order chi connectivity index (χ1) is 31.5. The Morgan fingerprint density at radius 3 is 2.28 bits per heavy atom. The summed E-state index contributed by atoms with van der Waals surface area (Å²) < 4.78 is 6.14. The number of hydrogen-bond donors (Lipinski definition) is 5. The van der Waals surface area contributed by atoms with Crippen LogP contribution in [0.5, 0.6) is 11.5 Å². The molecule has 8 rings (SSSR count). The Kier molecular flexibility index (Phi) is 14.6. The van der Waals surface area contributed by atoms with Crippen molar-refractivity contribution in [2.45, 2.75) is 69.8 Å². The van der Waals surface area contributed by atoms with Crippen molar-refractivity contribution < 1.29 is 39.5 Å². The van der Waals surface area contributed by atoms with Crippen LogP contribution in [0.3, 0.4) is 0 Å². The molecule has 65 heavy (non-hydrogen) atoms. The number of ether oxygens (including phenoxy) is 1. The van der Waals surface area contributed by atoms with Gasteiger partial charge in [-0.1, -0.05) is 91.0 Å². The number of likely N-dealkylation sites (tertiary alicyclic amines) is 2. The molecule has 2 fully saturated rings. The lowest BCUT2D eigenvalue weighted by atomic mass is 9.80. The second-order valence-electron chi connectivity index (χ2n) is 17.9. The van der Waals surface area contributed by atoms with Gasteiger partial charge in [-0.15, -0.1) is 0 Å². The maximum atomic E-state index is 13.5. The van der Waals surface area contributed by atoms with E-state index in [1.165, 1.54) is 17.7 Å². The molecular formula is C54H59N3O8. The first kappa shape index (κ1) is 45.5. The van der Waals surface area contributed by atoms with Gasteiger partial charge in [0.2, 0.25) is 5.60 Å². The van der Waals surface area contributed by atoms with Gasteiger partial charge >= 0.3 is 5.97 Å². The fourth-order valence-electron chi connectivity index (χ4n) is 9.68. The normalized spacial score (nSPS) is 17.3. The Balaban J connectivity index is 0.800. The molecule has 11 nitrogen and oxygen atoms in total. The van der Waals surface area contributed by atoms with Gasteiger partial charge < -0.3 is 35.4 Å². The van der Waals surface area contributed by atoms with Crippen LogP contribution in [0.25, 0.3) is 6.08 Å². The number of allylic oxidation sites excluding steroid dienone is 1. The van der Waals surface area contributed by atoms with E-state index < -0.39 is 17.7 Å². The van der Waals surface area contributed by atoms with Crippen molar-refractivity contribution in [2.75, 3.05) is 39.3 Å². The minimum atomic E-state index is -2.28. The molecule has 0 aromatic heterocycles. The zero-order valence-corrected chi connectivity index (χ0v) is 36.8. The van der Waals surface area contributed by atoms with Crippen molar-refractivity contribution in [3.8, 4) is 11.5 Å². The lowest BCUT2D eigenvalue weighted by Gasteiger charge is -2.33. The lowest BCUT2D eigenvalue weighted by Crippen LogP contribution is -2.39. The highest BCUT2D eigenvalue weighted by Gasteiger charge is 2.42. The number of rotatable bonds is 17. The molecule has 0 unspecified atom stereocenters. The number of carbonyl (C=O) groups is 3. The number of carboxylic acid groups (broad SMARTS) is 1. The zero-order chi connectivity index (χ0) is 45.3. The van der Waals surface area contributed by atoms with Gasteiger partial charge in [0.25, 0.3) is 5.91 Å². The number of phenols is 1. The molecule has 0 saturated carbocycles. The molecule has 1 aliphatic carbocycles. The number of aliphatic carboxylic acids is 1. The highest BCUT2D eigenvalue weighted by molar-refractivity contribution is 5.99. The summed E-state index contributed by atoms with van der Waals surface area (Å²) in [5.74, 6) is -0.118. The molecule has 5 N–H and O–H groups in total. The summed E-state index contributed by atoms with van der Waals surface area (Å²) in [6, 6.07) is 35.1. The van der Waals surface area contributed by atoms with Crippen molar-refractivity contribution in [2.24, 2.45) is 11.8 Å². The van der Waals surface area contributed by atoms with E-state index in [-0.39, 0.29) is 36.0 Å². The number of amides is 1. The van der Waals surface area contributed by atoms with Crippen LogP contribution in [0.2, 0.25) is 0 Å². The molecule has 0 bridgehead atoms. The predicted octanol–water partition coefficient (Wildman–Crippen LogP) is 7.45. The van der Waals surface area contributed by atoms with E-state index in [0.717, 1.165) is 69.4 Å². The second kappa shape index (κ2) is 20.8. The van der Waals surface area contributed by atoms with Crippen molar-refractivity contribution in [1.29, 1.82) is 0 Å². The van der Waals surface area contributed by atoms with Gasteiger partial charge in [0.15, 0.2) is 5.78 Å². The van der Waals surface area contributed by atoms with Gasteiger partial charge in [-0.3, -0.25) is 14.5 Å². The van der Waals surface area contributed by atoms with Crippen LogP contribution >= 0.6 is 0 Å². The number of ketones is 1. The highest BCUT2D eigenvalue weighted by atomic mass is 16.5. The van der Waals surface area contributed by atoms with E-state index in [9.17, 15) is 34.8 Å². The highest BCUT2D eigenvalue weighted by Crippen LogP contribution is 2.37. The standard InChI is InChI=1S/C54H59N3O8/c58-44-17-18-46-47(19-20-50(59)48(46)33-44)51(60)34-55-26-21-37-24-29-57(30-25-37)52(61)41-15-13-40(14-16-41)36-65-45-11-6-10-43(32-45)54(64,53(62)63)49-12-5-4-9-42(49)31-38-22-27-56(28-23-38)35-39-7-2-1-3-8-39/h1-20,32,37-38,51,55,59-60,64H,21-31,33-36H2,(H,62,63)/t51-,54-/m0/s1. The average Bonchev–Trinajstić information content (AvgIpc) is 3.33. The molecule has 0 spiro atoms. The van der Waals surface area contributed by atoms with Gasteiger partial charge in [-0.25, -0.2) is 4.79 Å². The Hall–Kier alpha value is -6.11. The number of piperidine rings is 2. The number of aromatic hydroxyl groups is 1. The fourth-order valence-corrected chi connectivity index (χ4v) is 9.68. The molecule has 0 radical (unpaired) electrons. The Bertz CT molecular complexity index is 2470. The predicted molar refractivity (Wildman–Crippen MR) is 249 cm³/mol. The number of carboxylic acids is 1. The average molecular weight is 878 g/mol. The van der Waals surface area contributed by atoms with Crippen LogP contribution < -0.4 is 10.1 Å². The maximum absolute atomic E-state index is 13.5. The minimum absolute atomic E-state index is 0.0143. The monoisotopic (exact) mass is 877 g/mol. The number of aliphatic hydroxyl groups excluding tert-OH is 1. The minimum Gasteiger partial charge on any atom is -0.508 e. The molecule has 2 saturated heterocycles. The molecule has 2 atom stereocenters. The number of nitrogens with zero attached hydrogens (tertiary/aromatic N) is 2. The Morgan fingerprint density at radius 2 is 1.52 bits per heavy atom. The quantitative estimate of drug-likeness (QED) is 0.0594. The third-order valence-electron chi connectivity index (χ3n) is 13.5. The summed E-state index contributed by atoms with van der Waals surface area (Å²) in [6.07, 6.45) is 7.89. The van der Waals surface area contributed by atoms with Gasteiger partial charge in [0.1, 0.15) is 18.1 Å². The van der Waals surface area contributed by atoms with E-state index in [1.807, 2.05) is 47.4 Å². The van der Waals surface area contributed by atoms with Crippen LogP contribution in [-0.2, 0) is 41.2 Å². The summed E-state index contributed by atoms with van der Waals surface area (Å²) >= 11 is 0. The first-order valence-electron chi connectivity index (χ1n) is 22.9. The number of phenolic OH excluding ortho intramolecular Hbond substituents is 1. The fraction of sp³-hybridized carbons (Fsp3) is 0.352. The molecule has 1 amide bonds. The largest absolute Gasteiger partial charge is 0.508 e.